The van der Waals surface area contributed by atoms with Gasteiger partial charge in [0.2, 0.25) is 15.9 Å². The van der Waals surface area contributed by atoms with Gasteiger partial charge in [0.15, 0.2) is 0 Å². The SMILES string of the molecule is CC(C)C(CNC(=O)C1CCN(S(=O)(=O)c2ccccc2)CC1)N1CCOCC1. The van der Waals surface area contributed by atoms with Crippen LogP contribution in [0.25, 0.3) is 0 Å². The number of rotatable bonds is 7. The average molecular weight is 424 g/mol. The molecule has 0 radical (unpaired) electrons. The van der Waals surface area contributed by atoms with Crippen LogP contribution < -0.4 is 5.32 Å². The van der Waals surface area contributed by atoms with E-state index in [2.05, 4.69) is 24.1 Å². The molecule has 7 nitrogen and oxygen atoms in total. The molecular formula is C21H33N3O4S. The van der Waals surface area contributed by atoms with Crippen LogP contribution in [0.4, 0.5) is 0 Å². The number of hydrogen-bond donors (Lipinski definition) is 1. The maximum absolute atomic E-state index is 12.7. The molecular weight excluding hydrogens is 390 g/mol. The first-order valence-electron chi connectivity index (χ1n) is 10.5. The van der Waals surface area contributed by atoms with Gasteiger partial charge < -0.3 is 10.1 Å². The minimum Gasteiger partial charge on any atom is -0.379 e. The maximum atomic E-state index is 12.7. The number of amides is 1. The number of sulfonamides is 1. The number of carbonyl (C=O) groups excluding carboxylic acids is 1. The Balaban J connectivity index is 1.50. The minimum atomic E-state index is -3.48. The molecule has 0 aromatic heterocycles. The summed E-state index contributed by atoms with van der Waals surface area (Å²) in [6, 6.07) is 8.79. The summed E-state index contributed by atoms with van der Waals surface area (Å²) in [5, 5.41) is 3.13. The van der Waals surface area contributed by atoms with Crippen molar-refractivity contribution in [1.82, 2.24) is 14.5 Å². The van der Waals surface area contributed by atoms with Crippen molar-refractivity contribution < 1.29 is 17.9 Å². The second kappa shape index (κ2) is 10.0. The lowest BCUT2D eigenvalue weighted by molar-refractivity contribution is -0.126. The Bertz CT molecular complexity index is 755. The Labute approximate surface area is 174 Å². The molecule has 29 heavy (non-hydrogen) atoms. The minimum absolute atomic E-state index is 0.0423. The van der Waals surface area contributed by atoms with Crippen molar-refractivity contribution in [1.29, 1.82) is 0 Å². The summed E-state index contributed by atoms with van der Waals surface area (Å²) in [6.07, 6.45) is 1.11. The molecule has 8 heteroatoms. The number of nitrogens with zero attached hydrogens (tertiary/aromatic N) is 2. The maximum Gasteiger partial charge on any atom is 0.243 e. The lowest BCUT2D eigenvalue weighted by atomic mass is 9.96. The number of carbonyl (C=O) groups is 1. The van der Waals surface area contributed by atoms with Crippen LogP contribution in [0.5, 0.6) is 0 Å². The molecule has 1 aromatic carbocycles. The second-order valence-corrected chi connectivity index (χ2v) is 10.1. The molecule has 162 valence electrons. The molecule has 2 heterocycles. The molecule has 0 aliphatic carbocycles. The van der Waals surface area contributed by atoms with Gasteiger partial charge in [0.05, 0.1) is 18.1 Å². The third-order valence-corrected chi connectivity index (χ3v) is 7.89. The Hall–Kier alpha value is -1.48. The van der Waals surface area contributed by atoms with Gasteiger partial charge in [-0.2, -0.15) is 4.31 Å². The van der Waals surface area contributed by atoms with Crippen LogP contribution in [-0.2, 0) is 19.6 Å². The summed E-state index contributed by atoms with van der Waals surface area (Å²) in [7, 11) is -3.48. The van der Waals surface area contributed by atoms with Crippen molar-refractivity contribution >= 4 is 15.9 Å². The lowest BCUT2D eigenvalue weighted by Gasteiger charge is -2.37. The first kappa shape index (κ1) is 22.2. The van der Waals surface area contributed by atoms with Crippen molar-refractivity contribution in [2.24, 2.45) is 11.8 Å². The van der Waals surface area contributed by atoms with Crippen LogP contribution in [0.1, 0.15) is 26.7 Å². The van der Waals surface area contributed by atoms with Gasteiger partial charge in [-0.1, -0.05) is 32.0 Å². The van der Waals surface area contributed by atoms with Gasteiger partial charge in [0, 0.05) is 44.7 Å². The van der Waals surface area contributed by atoms with Crippen molar-refractivity contribution in [2.45, 2.75) is 37.6 Å². The van der Waals surface area contributed by atoms with E-state index in [-0.39, 0.29) is 11.8 Å². The van der Waals surface area contributed by atoms with E-state index < -0.39 is 10.0 Å². The summed E-state index contributed by atoms with van der Waals surface area (Å²) in [5.74, 6) is 0.349. The average Bonchev–Trinajstić information content (AvgIpc) is 2.75. The molecule has 2 aliphatic heterocycles. The third kappa shape index (κ3) is 5.57. The van der Waals surface area contributed by atoms with E-state index in [1.54, 1.807) is 30.3 Å². The normalized spacial score (nSPS) is 21.2. The number of piperidine rings is 1. The fraction of sp³-hybridized carbons (Fsp3) is 0.667. The fourth-order valence-electron chi connectivity index (χ4n) is 4.14. The van der Waals surface area contributed by atoms with E-state index in [0.29, 0.717) is 49.3 Å². The molecule has 2 saturated heterocycles. The molecule has 2 fully saturated rings. The Morgan fingerprint density at radius 1 is 1.10 bits per heavy atom. The zero-order valence-corrected chi connectivity index (χ0v) is 18.2. The Morgan fingerprint density at radius 3 is 2.31 bits per heavy atom. The Kier molecular flexibility index (Phi) is 7.67. The van der Waals surface area contributed by atoms with Crippen molar-refractivity contribution in [3.8, 4) is 0 Å². The van der Waals surface area contributed by atoms with Gasteiger partial charge in [-0.3, -0.25) is 9.69 Å². The van der Waals surface area contributed by atoms with E-state index in [1.165, 1.54) is 4.31 Å². The highest BCUT2D eigenvalue weighted by molar-refractivity contribution is 7.89. The summed E-state index contributed by atoms with van der Waals surface area (Å²) < 4.78 is 32.4. The molecule has 0 bridgehead atoms. The highest BCUT2D eigenvalue weighted by Gasteiger charge is 2.32. The zero-order chi connectivity index (χ0) is 20.9. The highest BCUT2D eigenvalue weighted by atomic mass is 32.2. The van der Waals surface area contributed by atoms with Crippen molar-refractivity contribution in [2.75, 3.05) is 45.9 Å². The molecule has 1 N–H and O–H groups in total. The number of hydrogen-bond acceptors (Lipinski definition) is 5. The van der Waals surface area contributed by atoms with Crippen molar-refractivity contribution in [3.63, 3.8) is 0 Å². The number of ether oxygens (including phenoxy) is 1. The smallest absolute Gasteiger partial charge is 0.243 e. The largest absolute Gasteiger partial charge is 0.379 e. The van der Waals surface area contributed by atoms with Gasteiger partial charge in [0.25, 0.3) is 0 Å². The van der Waals surface area contributed by atoms with Gasteiger partial charge in [-0.05, 0) is 30.9 Å². The highest BCUT2D eigenvalue weighted by Crippen LogP contribution is 2.24. The standard InChI is InChI=1S/C21H33N3O4S/c1-17(2)20(23-12-14-28-15-13-23)16-22-21(25)18-8-10-24(11-9-18)29(26,27)19-6-4-3-5-7-19/h3-7,17-18,20H,8-16H2,1-2H3,(H,22,25). The molecule has 0 spiro atoms. The monoisotopic (exact) mass is 423 g/mol. The zero-order valence-electron chi connectivity index (χ0n) is 17.4. The fourth-order valence-corrected chi connectivity index (χ4v) is 5.64. The molecule has 1 amide bonds. The van der Waals surface area contributed by atoms with Crippen molar-refractivity contribution in [3.05, 3.63) is 30.3 Å². The van der Waals surface area contributed by atoms with Crippen LogP contribution in [0.15, 0.2) is 35.2 Å². The molecule has 0 saturated carbocycles. The summed E-state index contributed by atoms with van der Waals surface area (Å²) in [5.41, 5.74) is 0. The molecule has 1 unspecified atom stereocenters. The van der Waals surface area contributed by atoms with E-state index in [9.17, 15) is 13.2 Å². The summed E-state index contributed by atoms with van der Waals surface area (Å²) in [6.45, 7) is 9.02. The van der Waals surface area contributed by atoms with Crippen LogP contribution >= 0.6 is 0 Å². The van der Waals surface area contributed by atoms with Crippen LogP contribution in [0.2, 0.25) is 0 Å². The number of nitrogens with one attached hydrogen (secondary N) is 1. The molecule has 1 aromatic rings. The Morgan fingerprint density at radius 2 is 1.72 bits per heavy atom. The first-order chi connectivity index (χ1) is 13.9. The lowest BCUT2D eigenvalue weighted by Crippen LogP contribution is -2.52. The predicted octanol–water partition coefficient (Wildman–Crippen LogP) is 1.56. The molecule has 2 aliphatic rings. The first-order valence-corrected chi connectivity index (χ1v) is 12.0. The summed E-state index contributed by atoms with van der Waals surface area (Å²) >= 11 is 0. The van der Waals surface area contributed by atoms with E-state index in [4.69, 9.17) is 4.74 Å². The summed E-state index contributed by atoms with van der Waals surface area (Å²) in [4.78, 5) is 15.4. The van der Waals surface area contributed by atoms with Gasteiger partial charge in [-0.15, -0.1) is 0 Å². The van der Waals surface area contributed by atoms with Gasteiger partial charge in [-0.25, -0.2) is 8.42 Å². The van der Waals surface area contributed by atoms with Crippen LogP contribution in [0, 0.1) is 11.8 Å². The van der Waals surface area contributed by atoms with Gasteiger partial charge >= 0.3 is 0 Å². The van der Waals surface area contributed by atoms with E-state index >= 15 is 0 Å². The van der Waals surface area contributed by atoms with Crippen LogP contribution in [0.3, 0.4) is 0 Å². The topological polar surface area (TPSA) is 79.0 Å². The van der Waals surface area contributed by atoms with Gasteiger partial charge in [0.1, 0.15) is 0 Å². The van der Waals surface area contributed by atoms with E-state index in [1.807, 2.05) is 0 Å². The molecule has 1 atom stereocenters. The third-order valence-electron chi connectivity index (χ3n) is 5.98. The predicted molar refractivity (Wildman–Crippen MR) is 112 cm³/mol. The second-order valence-electron chi connectivity index (χ2n) is 8.20. The van der Waals surface area contributed by atoms with E-state index in [0.717, 1.165) is 26.3 Å². The quantitative estimate of drug-likeness (QED) is 0.720. The van der Waals surface area contributed by atoms with Crippen LogP contribution in [-0.4, -0.2) is 75.5 Å². The number of morpholine rings is 1. The number of benzene rings is 1. The molecule has 3 rings (SSSR count).